The second-order valence-electron chi connectivity index (χ2n) is 13.9. The van der Waals surface area contributed by atoms with Crippen LogP contribution in [0.2, 0.25) is 0 Å². The summed E-state index contributed by atoms with van der Waals surface area (Å²) in [6, 6.07) is 37.7. The third kappa shape index (κ3) is 7.60. The number of phenolic OH excluding ortho intramolecular Hbond substituents is 2. The lowest BCUT2D eigenvalue weighted by Crippen LogP contribution is -2.33. The third-order valence-corrected chi connectivity index (χ3v) is 9.72. The van der Waals surface area contributed by atoms with E-state index in [4.69, 9.17) is 0 Å². The van der Waals surface area contributed by atoms with Gasteiger partial charge in [0.25, 0.3) is 11.8 Å². The van der Waals surface area contributed by atoms with Gasteiger partial charge in [-0.25, -0.2) is 0 Å². The van der Waals surface area contributed by atoms with Crippen LogP contribution in [0.25, 0.3) is 0 Å². The van der Waals surface area contributed by atoms with E-state index < -0.39 is 0 Å². The highest BCUT2D eigenvalue weighted by molar-refractivity contribution is 6.10. The molecule has 0 aliphatic heterocycles. The van der Waals surface area contributed by atoms with E-state index >= 15 is 0 Å². The fourth-order valence-electron chi connectivity index (χ4n) is 6.45. The number of phenols is 2. The van der Waals surface area contributed by atoms with Crippen LogP contribution in [-0.2, 0) is 10.8 Å². The molecular formula is C44H48N2O4. The van der Waals surface area contributed by atoms with Crippen LogP contribution in [-0.4, -0.2) is 35.1 Å². The first-order chi connectivity index (χ1) is 23.9. The fourth-order valence-corrected chi connectivity index (χ4v) is 6.45. The maximum absolute atomic E-state index is 14.0. The molecule has 0 bridgehead atoms. The summed E-state index contributed by atoms with van der Waals surface area (Å²) in [4.78, 5) is 31.6. The Bertz CT molecular complexity index is 1770. The Balaban J connectivity index is 1.37. The van der Waals surface area contributed by atoms with Gasteiger partial charge in [-0.05, 0) is 102 Å². The van der Waals surface area contributed by atoms with Gasteiger partial charge in [-0.3, -0.25) is 9.59 Å². The van der Waals surface area contributed by atoms with Crippen molar-refractivity contribution in [2.24, 2.45) is 0 Å². The molecule has 5 rings (SSSR count). The first-order valence-electron chi connectivity index (χ1n) is 17.4. The Labute approximate surface area is 296 Å². The van der Waals surface area contributed by atoms with Crippen LogP contribution in [0.5, 0.6) is 11.5 Å². The quantitative estimate of drug-likeness (QED) is 0.139. The van der Waals surface area contributed by atoms with Crippen LogP contribution in [0.15, 0.2) is 121 Å². The molecule has 50 heavy (non-hydrogen) atoms. The van der Waals surface area contributed by atoms with Gasteiger partial charge in [0.15, 0.2) is 0 Å². The molecule has 2 N–H and O–H groups in total. The van der Waals surface area contributed by atoms with Gasteiger partial charge >= 0.3 is 0 Å². The summed E-state index contributed by atoms with van der Waals surface area (Å²) in [6.07, 6.45) is 1.55. The average Bonchev–Trinajstić information content (AvgIpc) is 3.13. The minimum absolute atomic E-state index is 0.157. The Morgan fingerprint density at radius 1 is 0.500 bits per heavy atom. The first kappa shape index (κ1) is 35.9. The minimum atomic E-state index is -0.297. The SMILES string of the molecule is CCCN(C(=O)c1cccc(C(=O)N(CCC)c2ccc(C(C)(C)c3ccc(O)cc3)cc2)c1)c1ccc(C(C)(C)c2ccc(O)cc2)cc1. The van der Waals surface area contributed by atoms with Crippen LogP contribution >= 0.6 is 0 Å². The Hall–Kier alpha value is -5.36. The molecule has 0 saturated heterocycles. The lowest BCUT2D eigenvalue weighted by molar-refractivity contribution is 0.0986. The largest absolute Gasteiger partial charge is 0.508 e. The molecule has 6 heteroatoms. The second kappa shape index (κ2) is 15.0. The summed E-state index contributed by atoms with van der Waals surface area (Å²) >= 11 is 0. The van der Waals surface area contributed by atoms with Gasteiger partial charge in [-0.1, -0.05) is 96.1 Å². The highest BCUT2D eigenvalue weighted by Gasteiger charge is 2.26. The number of hydrogen-bond donors (Lipinski definition) is 2. The van der Waals surface area contributed by atoms with Gasteiger partial charge in [-0.15, -0.1) is 0 Å². The molecular weight excluding hydrogens is 620 g/mol. The van der Waals surface area contributed by atoms with Gasteiger partial charge in [0.05, 0.1) is 0 Å². The zero-order valence-corrected chi connectivity index (χ0v) is 30.0. The van der Waals surface area contributed by atoms with Gasteiger partial charge in [0.2, 0.25) is 0 Å². The number of anilines is 2. The van der Waals surface area contributed by atoms with Crippen molar-refractivity contribution in [3.05, 3.63) is 155 Å². The van der Waals surface area contributed by atoms with E-state index in [1.807, 2.05) is 62.4 Å². The maximum atomic E-state index is 14.0. The number of nitrogens with zero attached hydrogens (tertiary/aromatic N) is 2. The van der Waals surface area contributed by atoms with Crippen LogP contribution < -0.4 is 9.80 Å². The zero-order chi connectivity index (χ0) is 36.1. The average molecular weight is 669 g/mol. The summed E-state index contributed by atoms with van der Waals surface area (Å²) in [5.74, 6) is 0.154. The summed E-state index contributed by atoms with van der Waals surface area (Å²) in [5, 5.41) is 19.5. The molecule has 6 nitrogen and oxygen atoms in total. The molecule has 0 aromatic heterocycles. The number of aromatic hydroxyl groups is 2. The number of carbonyl (C=O) groups is 2. The van der Waals surface area contributed by atoms with E-state index in [1.54, 1.807) is 58.3 Å². The van der Waals surface area contributed by atoms with Gasteiger partial charge in [0, 0.05) is 46.4 Å². The monoisotopic (exact) mass is 668 g/mol. The first-order valence-corrected chi connectivity index (χ1v) is 17.4. The highest BCUT2D eigenvalue weighted by Crippen LogP contribution is 2.35. The summed E-state index contributed by atoms with van der Waals surface area (Å²) in [6.45, 7) is 13.7. The topological polar surface area (TPSA) is 81.1 Å². The van der Waals surface area contributed by atoms with Crippen LogP contribution in [0.1, 0.15) is 97.4 Å². The number of hydrogen-bond acceptors (Lipinski definition) is 4. The normalized spacial score (nSPS) is 11.6. The number of rotatable bonds is 12. The van der Waals surface area contributed by atoms with Crippen molar-refractivity contribution in [2.45, 2.75) is 65.2 Å². The van der Waals surface area contributed by atoms with E-state index in [0.717, 1.165) is 46.5 Å². The fraction of sp³-hybridized carbons (Fsp3) is 0.273. The van der Waals surface area contributed by atoms with E-state index in [0.29, 0.717) is 24.2 Å². The van der Waals surface area contributed by atoms with Crippen molar-refractivity contribution in [3.8, 4) is 11.5 Å². The molecule has 0 spiro atoms. The Morgan fingerprint density at radius 3 is 1.10 bits per heavy atom. The van der Waals surface area contributed by atoms with Crippen molar-refractivity contribution in [1.82, 2.24) is 0 Å². The molecule has 0 atom stereocenters. The molecule has 0 unspecified atom stereocenters. The summed E-state index contributed by atoms with van der Waals surface area (Å²) < 4.78 is 0. The van der Waals surface area contributed by atoms with Crippen LogP contribution in [0.3, 0.4) is 0 Å². The van der Waals surface area contributed by atoms with Crippen molar-refractivity contribution in [2.75, 3.05) is 22.9 Å². The number of carbonyl (C=O) groups excluding carboxylic acids is 2. The molecule has 5 aromatic carbocycles. The lowest BCUT2D eigenvalue weighted by Gasteiger charge is -2.28. The van der Waals surface area contributed by atoms with Crippen LogP contribution in [0.4, 0.5) is 11.4 Å². The van der Waals surface area contributed by atoms with E-state index in [9.17, 15) is 19.8 Å². The lowest BCUT2D eigenvalue weighted by atomic mass is 9.78. The predicted molar refractivity (Wildman–Crippen MR) is 204 cm³/mol. The Morgan fingerprint density at radius 2 is 0.800 bits per heavy atom. The predicted octanol–water partition coefficient (Wildman–Crippen LogP) is 9.86. The second-order valence-corrected chi connectivity index (χ2v) is 13.9. The molecule has 258 valence electrons. The molecule has 0 fully saturated rings. The summed E-state index contributed by atoms with van der Waals surface area (Å²) in [7, 11) is 0. The molecule has 2 amide bonds. The maximum Gasteiger partial charge on any atom is 0.258 e. The van der Waals surface area contributed by atoms with E-state index in [1.165, 1.54) is 0 Å². The molecule has 0 aliphatic carbocycles. The highest BCUT2D eigenvalue weighted by atomic mass is 16.3. The minimum Gasteiger partial charge on any atom is -0.508 e. The molecule has 5 aromatic rings. The van der Waals surface area contributed by atoms with Crippen molar-refractivity contribution < 1.29 is 19.8 Å². The van der Waals surface area contributed by atoms with Crippen molar-refractivity contribution in [1.29, 1.82) is 0 Å². The van der Waals surface area contributed by atoms with E-state index in [2.05, 4.69) is 52.0 Å². The van der Waals surface area contributed by atoms with Crippen LogP contribution in [0, 0.1) is 0 Å². The third-order valence-electron chi connectivity index (χ3n) is 9.72. The molecule has 0 aliphatic rings. The molecule has 0 saturated carbocycles. The van der Waals surface area contributed by atoms with Gasteiger partial charge in [-0.2, -0.15) is 0 Å². The van der Waals surface area contributed by atoms with Crippen molar-refractivity contribution >= 4 is 23.2 Å². The smallest absolute Gasteiger partial charge is 0.258 e. The van der Waals surface area contributed by atoms with Gasteiger partial charge in [0.1, 0.15) is 11.5 Å². The Kier molecular flexibility index (Phi) is 10.8. The standard InChI is InChI=1S/C44H48N2O4/c1-7-28-45(37-20-12-33(13-21-37)43(3,4)35-16-24-39(47)25-17-35)41(49)31-10-9-11-32(30-31)42(50)46(29-8-2)38-22-14-34(15-23-38)44(5,6)36-18-26-40(48)27-19-36/h9-27,30,47-48H,7-8,28-29H2,1-6H3. The zero-order valence-electron chi connectivity index (χ0n) is 30.0. The van der Waals surface area contributed by atoms with Gasteiger partial charge < -0.3 is 20.0 Å². The number of benzene rings is 5. The van der Waals surface area contributed by atoms with E-state index in [-0.39, 0.29) is 34.1 Å². The molecule has 0 radical (unpaired) electrons. The molecule has 0 heterocycles. The van der Waals surface area contributed by atoms with Crippen molar-refractivity contribution in [3.63, 3.8) is 0 Å². The number of amides is 2. The summed E-state index contributed by atoms with van der Waals surface area (Å²) in [5.41, 5.74) is 6.26.